The van der Waals surface area contributed by atoms with Crippen molar-refractivity contribution in [3.63, 3.8) is 0 Å². The van der Waals surface area contributed by atoms with Crippen LogP contribution in [0.3, 0.4) is 0 Å². The summed E-state index contributed by atoms with van der Waals surface area (Å²) in [4.78, 5) is 4.60. The van der Waals surface area contributed by atoms with Gasteiger partial charge in [0.15, 0.2) is 0 Å². The lowest BCUT2D eigenvalue weighted by Gasteiger charge is -2.10. The summed E-state index contributed by atoms with van der Waals surface area (Å²) >= 11 is 0. The maximum absolute atomic E-state index is 12.4. The molecule has 1 heterocycles. The first-order chi connectivity index (χ1) is 10.5. The summed E-state index contributed by atoms with van der Waals surface area (Å²) in [6.45, 7) is 3.85. The average Bonchev–Trinajstić information content (AvgIpc) is 2.47. The van der Waals surface area contributed by atoms with Gasteiger partial charge < -0.3 is 0 Å². The number of nitrogens with zero attached hydrogens (tertiary/aromatic N) is 1. The molecule has 5 heteroatoms. The van der Waals surface area contributed by atoms with Gasteiger partial charge in [-0.3, -0.25) is 4.72 Å². The molecule has 1 N–H and O–H groups in total. The summed E-state index contributed by atoms with van der Waals surface area (Å²) in [7, 11) is -3.63. The van der Waals surface area contributed by atoms with Gasteiger partial charge >= 0.3 is 0 Å². The second-order valence-electron chi connectivity index (χ2n) is 5.26. The molecule has 3 aromatic rings. The van der Waals surface area contributed by atoms with Crippen LogP contribution in [0.25, 0.3) is 10.9 Å². The number of benzene rings is 2. The summed E-state index contributed by atoms with van der Waals surface area (Å²) < 4.78 is 27.4. The minimum absolute atomic E-state index is 0.228. The number of nitrogens with one attached hydrogen (secondary N) is 1. The van der Waals surface area contributed by atoms with Crippen molar-refractivity contribution in [2.45, 2.75) is 18.7 Å². The van der Waals surface area contributed by atoms with E-state index >= 15 is 0 Å². The number of aromatic nitrogens is 1. The van der Waals surface area contributed by atoms with Gasteiger partial charge in [-0.05, 0) is 43.7 Å². The number of pyridine rings is 1. The van der Waals surface area contributed by atoms with Gasteiger partial charge in [-0.2, -0.15) is 0 Å². The second kappa shape index (κ2) is 5.42. The predicted molar refractivity (Wildman–Crippen MR) is 88.5 cm³/mol. The minimum atomic E-state index is -3.63. The highest BCUT2D eigenvalue weighted by Gasteiger charge is 2.15. The first-order valence-electron chi connectivity index (χ1n) is 6.91. The van der Waals surface area contributed by atoms with E-state index in [9.17, 15) is 8.42 Å². The van der Waals surface area contributed by atoms with Crippen LogP contribution in [0.1, 0.15) is 11.1 Å². The molecule has 0 bridgehead atoms. The van der Waals surface area contributed by atoms with Crippen molar-refractivity contribution in [3.8, 4) is 0 Å². The Labute approximate surface area is 129 Å². The number of anilines is 1. The quantitative estimate of drug-likeness (QED) is 0.803. The Morgan fingerprint density at radius 2 is 1.64 bits per heavy atom. The van der Waals surface area contributed by atoms with Gasteiger partial charge in [0.25, 0.3) is 10.0 Å². The van der Waals surface area contributed by atoms with Gasteiger partial charge in [0, 0.05) is 5.39 Å². The van der Waals surface area contributed by atoms with Crippen LogP contribution in [-0.4, -0.2) is 13.4 Å². The largest absolute Gasteiger partial charge is 0.263 e. The summed E-state index contributed by atoms with van der Waals surface area (Å²) in [5, 5.41) is 1.01. The molecule has 112 valence electrons. The number of para-hydroxylation sites is 1. The van der Waals surface area contributed by atoms with Crippen LogP contribution in [-0.2, 0) is 10.0 Å². The number of rotatable bonds is 3. The van der Waals surface area contributed by atoms with Crippen molar-refractivity contribution in [1.82, 2.24) is 4.98 Å². The molecule has 0 aliphatic carbocycles. The molecule has 3 rings (SSSR count). The molecule has 0 fully saturated rings. The van der Waals surface area contributed by atoms with Gasteiger partial charge in [-0.1, -0.05) is 35.9 Å². The van der Waals surface area contributed by atoms with Crippen LogP contribution >= 0.6 is 0 Å². The number of aryl methyl sites for hydroxylation is 2. The number of hydrogen-bond acceptors (Lipinski definition) is 3. The molecule has 0 radical (unpaired) electrons. The van der Waals surface area contributed by atoms with Gasteiger partial charge in [0.1, 0.15) is 5.82 Å². The van der Waals surface area contributed by atoms with E-state index in [0.717, 1.165) is 22.0 Å². The molecular formula is C17H16N2O2S. The standard InChI is InChI=1S/C17H16N2O2S/c1-12-7-9-14(10-8-12)22(20,21)19-17-11-13(2)15-5-3-4-6-16(15)18-17/h3-11H,1-2H3,(H,18,19). The Bertz CT molecular complexity index is 933. The average molecular weight is 312 g/mol. The molecule has 0 amide bonds. The Morgan fingerprint density at radius 1 is 0.955 bits per heavy atom. The lowest BCUT2D eigenvalue weighted by molar-refractivity contribution is 0.601. The van der Waals surface area contributed by atoms with Crippen LogP contribution in [0.15, 0.2) is 59.5 Å². The van der Waals surface area contributed by atoms with Gasteiger partial charge in [0.2, 0.25) is 0 Å². The molecule has 0 aliphatic heterocycles. The van der Waals surface area contributed by atoms with E-state index < -0.39 is 10.0 Å². The smallest absolute Gasteiger partial charge is 0.263 e. The van der Waals surface area contributed by atoms with Crippen LogP contribution in [0, 0.1) is 13.8 Å². The zero-order valence-electron chi connectivity index (χ0n) is 12.4. The highest BCUT2D eigenvalue weighted by molar-refractivity contribution is 7.92. The Balaban J connectivity index is 2.00. The fraction of sp³-hybridized carbons (Fsp3) is 0.118. The van der Waals surface area contributed by atoms with E-state index in [1.807, 2.05) is 38.1 Å². The molecule has 0 spiro atoms. The van der Waals surface area contributed by atoms with Gasteiger partial charge in [-0.15, -0.1) is 0 Å². The van der Waals surface area contributed by atoms with E-state index in [-0.39, 0.29) is 4.90 Å². The fourth-order valence-corrected chi connectivity index (χ4v) is 3.31. The van der Waals surface area contributed by atoms with E-state index in [4.69, 9.17) is 0 Å². The lowest BCUT2D eigenvalue weighted by Crippen LogP contribution is -2.14. The number of hydrogen-bond donors (Lipinski definition) is 1. The summed E-state index contributed by atoms with van der Waals surface area (Å²) in [6.07, 6.45) is 0. The SMILES string of the molecule is Cc1ccc(S(=O)(=O)Nc2cc(C)c3ccccc3n2)cc1. The van der Waals surface area contributed by atoms with Crippen molar-refractivity contribution in [2.24, 2.45) is 0 Å². The van der Waals surface area contributed by atoms with E-state index in [1.165, 1.54) is 0 Å². The normalized spacial score (nSPS) is 11.5. The molecule has 0 saturated carbocycles. The molecule has 2 aromatic carbocycles. The monoisotopic (exact) mass is 312 g/mol. The molecule has 0 unspecified atom stereocenters. The Morgan fingerprint density at radius 3 is 2.36 bits per heavy atom. The first kappa shape index (κ1) is 14.5. The Hall–Kier alpha value is -2.40. The first-order valence-corrected chi connectivity index (χ1v) is 8.40. The summed E-state index contributed by atoms with van der Waals surface area (Å²) in [6, 6.07) is 16.1. The van der Waals surface area contributed by atoms with Crippen molar-refractivity contribution < 1.29 is 8.42 Å². The van der Waals surface area contributed by atoms with Crippen molar-refractivity contribution in [3.05, 3.63) is 65.7 Å². The van der Waals surface area contributed by atoms with Crippen molar-refractivity contribution >= 4 is 26.7 Å². The predicted octanol–water partition coefficient (Wildman–Crippen LogP) is 3.65. The summed E-state index contributed by atoms with van der Waals surface area (Å²) in [5.41, 5.74) is 2.76. The minimum Gasteiger partial charge on any atom is -0.263 e. The fourth-order valence-electron chi connectivity index (χ4n) is 2.32. The lowest BCUT2D eigenvalue weighted by atomic mass is 10.1. The molecule has 22 heavy (non-hydrogen) atoms. The maximum Gasteiger partial charge on any atom is 0.263 e. The maximum atomic E-state index is 12.4. The van der Waals surface area contributed by atoms with E-state index in [0.29, 0.717) is 5.82 Å². The second-order valence-corrected chi connectivity index (χ2v) is 6.94. The molecule has 0 aliphatic rings. The molecule has 0 atom stereocenters. The van der Waals surface area contributed by atoms with Crippen molar-refractivity contribution in [2.75, 3.05) is 4.72 Å². The van der Waals surface area contributed by atoms with E-state index in [2.05, 4.69) is 9.71 Å². The molecule has 4 nitrogen and oxygen atoms in total. The zero-order chi connectivity index (χ0) is 15.7. The van der Waals surface area contributed by atoms with Gasteiger partial charge in [0.05, 0.1) is 10.4 Å². The third kappa shape index (κ3) is 2.80. The van der Waals surface area contributed by atoms with Crippen LogP contribution in [0.4, 0.5) is 5.82 Å². The highest BCUT2D eigenvalue weighted by atomic mass is 32.2. The van der Waals surface area contributed by atoms with Crippen LogP contribution in [0.2, 0.25) is 0 Å². The topological polar surface area (TPSA) is 59.1 Å². The number of fused-ring (bicyclic) bond motifs is 1. The van der Waals surface area contributed by atoms with Crippen molar-refractivity contribution in [1.29, 1.82) is 0 Å². The van der Waals surface area contributed by atoms with Crippen LogP contribution < -0.4 is 4.72 Å². The number of sulfonamides is 1. The van der Waals surface area contributed by atoms with Gasteiger partial charge in [-0.25, -0.2) is 13.4 Å². The third-order valence-corrected chi connectivity index (χ3v) is 4.86. The zero-order valence-corrected chi connectivity index (χ0v) is 13.2. The van der Waals surface area contributed by atoms with E-state index in [1.54, 1.807) is 30.3 Å². The van der Waals surface area contributed by atoms with Crippen LogP contribution in [0.5, 0.6) is 0 Å². The molecular weight excluding hydrogens is 296 g/mol. The Kier molecular flexibility index (Phi) is 3.58. The summed E-state index contributed by atoms with van der Waals surface area (Å²) in [5.74, 6) is 0.330. The molecule has 1 aromatic heterocycles. The third-order valence-electron chi connectivity index (χ3n) is 3.49. The molecule has 0 saturated heterocycles. The highest BCUT2D eigenvalue weighted by Crippen LogP contribution is 2.22.